The van der Waals surface area contributed by atoms with Crippen LogP contribution >= 0.6 is 0 Å². The topological polar surface area (TPSA) is 0 Å². The minimum absolute atomic E-state index is 1.33. The Bertz CT molecular complexity index is 1900. The first-order valence-electron chi connectivity index (χ1n) is 10.3. The maximum Gasteiger partial charge on any atom is -0.000138 e. The second-order valence-electron chi connectivity index (χ2n) is 8.62. The van der Waals surface area contributed by atoms with Crippen molar-refractivity contribution in [3.63, 3.8) is 0 Å². The molecule has 29 heavy (non-hydrogen) atoms. The molecule has 132 valence electrons. The van der Waals surface area contributed by atoms with Crippen molar-refractivity contribution < 1.29 is 0 Å². The monoisotopic (exact) mass is 364 g/mol. The van der Waals surface area contributed by atoms with Gasteiger partial charge in [-0.2, -0.15) is 0 Å². The molecule has 8 aromatic rings. The molecule has 0 heterocycles. The van der Waals surface area contributed by atoms with Gasteiger partial charge in [-0.15, -0.1) is 0 Å². The summed E-state index contributed by atoms with van der Waals surface area (Å²) in [5, 5.41) is 19.5. The van der Waals surface area contributed by atoms with Gasteiger partial charge < -0.3 is 0 Å². The van der Waals surface area contributed by atoms with E-state index in [1.807, 2.05) is 0 Å². The summed E-state index contributed by atoms with van der Waals surface area (Å²) in [7, 11) is 0. The van der Waals surface area contributed by atoms with Crippen molar-refractivity contribution in [3.05, 3.63) is 84.4 Å². The maximum absolute atomic E-state index is 2.40. The molecule has 0 bridgehead atoms. The number of benzene rings is 8. The molecular formula is C29H16. The Morgan fingerprint density at radius 3 is 1.69 bits per heavy atom. The van der Waals surface area contributed by atoms with E-state index in [2.05, 4.69) is 85.8 Å². The predicted octanol–water partition coefficient (Wildman–Crippen LogP) is 8.38. The molecule has 0 heteroatoms. The molecule has 0 N–H and O–H groups in total. The average Bonchev–Trinajstić information content (AvgIpc) is 2.75. The number of rotatable bonds is 0. The average molecular weight is 364 g/mol. The van der Waals surface area contributed by atoms with E-state index in [1.165, 1.54) is 81.0 Å². The lowest BCUT2D eigenvalue weighted by Gasteiger charge is -2.22. The van der Waals surface area contributed by atoms with Crippen LogP contribution in [0.15, 0.2) is 78.9 Å². The molecule has 8 rings (SSSR count). The Morgan fingerprint density at radius 2 is 0.931 bits per heavy atom. The summed E-state index contributed by atoms with van der Waals surface area (Å²) in [5.74, 6) is 0. The minimum atomic E-state index is 1.33. The first kappa shape index (κ1) is 14.4. The highest BCUT2D eigenvalue weighted by Crippen LogP contribution is 2.50. The normalized spacial score (nSPS) is 13.0. The van der Waals surface area contributed by atoms with Gasteiger partial charge in [0.05, 0.1) is 0 Å². The zero-order valence-corrected chi connectivity index (χ0v) is 16.0. The quantitative estimate of drug-likeness (QED) is 0.187. The first-order valence-corrected chi connectivity index (χ1v) is 10.3. The third-order valence-corrected chi connectivity index (χ3v) is 7.08. The van der Waals surface area contributed by atoms with E-state index in [4.69, 9.17) is 0 Å². The number of hydrogen-bond donors (Lipinski definition) is 0. The van der Waals surface area contributed by atoms with Crippen molar-refractivity contribution in [3.8, 4) is 0 Å². The van der Waals surface area contributed by atoms with Crippen molar-refractivity contribution in [2.75, 3.05) is 0 Å². The van der Waals surface area contributed by atoms with Gasteiger partial charge in [0.25, 0.3) is 0 Å². The van der Waals surface area contributed by atoms with Crippen molar-refractivity contribution in [2.45, 2.75) is 6.92 Å². The Hall–Kier alpha value is -3.64. The van der Waals surface area contributed by atoms with Crippen LogP contribution in [-0.2, 0) is 0 Å². The molecule has 0 aliphatic rings. The predicted molar refractivity (Wildman–Crippen MR) is 127 cm³/mol. The third kappa shape index (κ3) is 1.49. The van der Waals surface area contributed by atoms with Crippen LogP contribution in [0.3, 0.4) is 0 Å². The SMILES string of the molecule is Cc1cc2ccc3cc4ccc5cccc6c7cccc8c(c1)c2c3c(c78)c4c56. The summed E-state index contributed by atoms with van der Waals surface area (Å²) in [6, 6.07) is 29.9. The van der Waals surface area contributed by atoms with Gasteiger partial charge in [-0.1, -0.05) is 72.8 Å². The van der Waals surface area contributed by atoms with Crippen LogP contribution in [0.5, 0.6) is 0 Å². The summed E-state index contributed by atoms with van der Waals surface area (Å²) in [6.07, 6.45) is 0. The molecule has 0 saturated heterocycles. The first-order chi connectivity index (χ1) is 14.3. The summed E-state index contributed by atoms with van der Waals surface area (Å²) in [6.45, 7) is 2.21. The number of fused-ring (bicyclic) bond motifs is 2. The molecule has 0 atom stereocenters. The van der Waals surface area contributed by atoms with Crippen molar-refractivity contribution >= 4 is 75.4 Å². The van der Waals surface area contributed by atoms with Crippen LogP contribution in [0.1, 0.15) is 5.56 Å². The lowest BCUT2D eigenvalue weighted by atomic mass is 9.81. The van der Waals surface area contributed by atoms with Gasteiger partial charge in [-0.05, 0) is 94.0 Å². The molecule has 0 aliphatic heterocycles. The van der Waals surface area contributed by atoms with E-state index in [-0.39, 0.29) is 0 Å². The van der Waals surface area contributed by atoms with Crippen molar-refractivity contribution in [1.29, 1.82) is 0 Å². The molecule has 8 aromatic carbocycles. The Labute approximate surface area is 167 Å². The van der Waals surface area contributed by atoms with E-state index in [9.17, 15) is 0 Å². The Morgan fingerprint density at radius 1 is 0.379 bits per heavy atom. The fraction of sp³-hybridized carbons (Fsp3) is 0.0345. The zero-order chi connectivity index (χ0) is 18.9. The molecule has 0 aliphatic carbocycles. The third-order valence-electron chi connectivity index (χ3n) is 7.08. The largest absolute Gasteiger partial charge is 0.0610 e. The van der Waals surface area contributed by atoms with Crippen molar-refractivity contribution in [2.24, 2.45) is 0 Å². The second-order valence-corrected chi connectivity index (χ2v) is 8.62. The summed E-state index contributed by atoms with van der Waals surface area (Å²) < 4.78 is 0. The van der Waals surface area contributed by atoms with Gasteiger partial charge >= 0.3 is 0 Å². The number of aryl methyl sites for hydroxylation is 1. The molecule has 0 aromatic heterocycles. The fourth-order valence-corrected chi connectivity index (χ4v) is 6.06. The highest BCUT2D eigenvalue weighted by Gasteiger charge is 2.21. The van der Waals surface area contributed by atoms with Gasteiger partial charge in [0.15, 0.2) is 0 Å². The fourth-order valence-electron chi connectivity index (χ4n) is 6.06. The van der Waals surface area contributed by atoms with Crippen LogP contribution < -0.4 is 0 Å². The summed E-state index contributed by atoms with van der Waals surface area (Å²) in [4.78, 5) is 0. The second kappa shape index (κ2) is 4.50. The van der Waals surface area contributed by atoms with Gasteiger partial charge in [0.2, 0.25) is 0 Å². The van der Waals surface area contributed by atoms with Gasteiger partial charge in [0, 0.05) is 0 Å². The van der Waals surface area contributed by atoms with Crippen molar-refractivity contribution in [1.82, 2.24) is 0 Å². The molecule has 0 spiro atoms. The van der Waals surface area contributed by atoms with Crippen LogP contribution in [-0.4, -0.2) is 0 Å². The van der Waals surface area contributed by atoms with E-state index in [0.717, 1.165) is 0 Å². The summed E-state index contributed by atoms with van der Waals surface area (Å²) >= 11 is 0. The molecule has 0 saturated carbocycles. The maximum atomic E-state index is 2.40. The van der Waals surface area contributed by atoms with E-state index in [1.54, 1.807) is 0 Å². The Balaban J connectivity index is 1.94. The molecule has 0 amide bonds. The number of hydrogen-bond acceptors (Lipinski definition) is 0. The molecule has 0 unspecified atom stereocenters. The van der Waals surface area contributed by atoms with Gasteiger partial charge in [-0.3, -0.25) is 0 Å². The van der Waals surface area contributed by atoms with E-state index in [0.29, 0.717) is 0 Å². The molecule has 0 radical (unpaired) electrons. The van der Waals surface area contributed by atoms with Crippen LogP contribution in [0.2, 0.25) is 0 Å². The standard InChI is InChI=1S/C29H16/c1-15-12-17-10-11-19-14-18-9-8-16-4-2-5-20-21-6-3-7-22-23(13-15)25(17)27(19)29(28(21)22)26(18)24(16)20/h2-14H,1H3. The smallest absolute Gasteiger partial charge is 0.000138 e. The summed E-state index contributed by atoms with van der Waals surface area (Å²) in [5.41, 5.74) is 1.33. The lowest BCUT2D eigenvalue weighted by Crippen LogP contribution is -1.94. The highest BCUT2D eigenvalue weighted by atomic mass is 14.2. The van der Waals surface area contributed by atoms with E-state index < -0.39 is 0 Å². The molecule has 0 fully saturated rings. The lowest BCUT2D eigenvalue weighted by molar-refractivity contribution is 1.53. The molecule has 0 nitrogen and oxygen atoms in total. The van der Waals surface area contributed by atoms with E-state index >= 15 is 0 Å². The van der Waals surface area contributed by atoms with Crippen LogP contribution in [0, 0.1) is 6.92 Å². The van der Waals surface area contributed by atoms with Crippen LogP contribution in [0.4, 0.5) is 0 Å². The van der Waals surface area contributed by atoms with Gasteiger partial charge in [-0.25, -0.2) is 0 Å². The molecular weight excluding hydrogens is 348 g/mol. The van der Waals surface area contributed by atoms with Crippen LogP contribution in [0.25, 0.3) is 75.4 Å². The Kier molecular flexibility index (Phi) is 2.23. The minimum Gasteiger partial charge on any atom is -0.0610 e. The van der Waals surface area contributed by atoms with Gasteiger partial charge in [0.1, 0.15) is 0 Å². The highest BCUT2D eigenvalue weighted by molar-refractivity contribution is 6.47. The zero-order valence-electron chi connectivity index (χ0n) is 16.0.